The van der Waals surface area contributed by atoms with Crippen molar-refractivity contribution >= 4 is 11.3 Å². The predicted octanol–water partition coefficient (Wildman–Crippen LogP) is 2.39. The van der Waals surface area contributed by atoms with Crippen LogP contribution in [0.25, 0.3) is 0 Å². The molecule has 0 fully saturated rings. The Morgan fingerprint density at radius 2 is 2.28 bits per heavy atom. The second kappa shape index (κ2) is 4.72. The molecular weight excluding hydrogens is 248 g/mol. The molecule has 0 spiro atoms. The Labute approximate surface area is 109 Å². The Kier molecular flexibility index (Phi) is 3.07. The van der Waals surface area contributed by atoms with E-state index in [1.165, 1.54) is 34.7 Å². The quantitative estimate of drug-likeness (QED) is 0.855. The van der Waals surface area contributed by atoms with Gasteiger partial charge in [0.25, 0.3) is 0 Å². The molecule has 3 rings (SSSR count). The van der Waals surface area contributed by atoms with Gasteiger partial charge in [-0.05, 0) is 25.7 Å². The highest BCUT2D eigenvalue weighted by Crippen LogP contribution is 2.24. The summed E-state index contributed by atoms with van der Waals surface area (Å²) in [4.78, 5) is 17.6. The van der Waals surface area contributed by atoms with Crippen molar-refractivity contribution < 1.29 is 4.42 Å². The summed E-state index contributed by atoms with van der Waals surface area (Å²) in [7, 11) is 0. The second-order valence-corrected chi connectivity index (χ2v) is 5.65. The topological polar surface area (TPSA) is 48.0 Å². The molecule has 1 aliphatic carbocycles. The summed E-state index contributed by atoms with van der Waals surface area (Å²) in [6.07, 6.45) is 7.02. The molecule has 0 aromatic carbocycles. The minimum absolute atomic E-state index is 0.123. The molecule has 0 atom stereocenters. The monoisotopic (exact) mass is 264 g/mol. The van der Waals surface area contributed by atoms with E-state index in [9.17, 15) is 4.79 Å². The van der Waals surface area contributed by atoms with Gasteiger partial charge in [-0.2, -0.15) is 0 Å². The second-order valence-electron chi connectivity index (χ2n) is 4.60. The molecule has 2 aromatic rings. The first-order valence-electron chi connectivity index (χ1n) is 6.43. The lowest BCUT2D eigenvalue weighted by Crippen LogP contribution is -2.18. The highest BCUT2D eigenvalue weighted by molar-refractivity contribution is 7.09. The van der Waals surface area contributed by atoms with Crippen LogP contribution in [-0.4, -0.2) is 9.55 Å². The number of aryl methyl sites for hydroxylation is 2. The third-order valence-corrected chi connectivity index (χ3v) is 4.47. The molecule has 0 radical (unpaired) electrons. The van der Waals surface area contributed by atoms with E-state index < -0.39 is 0 Å². The average molecular weight is 264 g/mol. The summed E-state index contributed by atoms with van der Waals surface area (Å²) in [6.45, 7) is 2.51. The van der Waals surface area contributed by atoms with Crippen molar-refractivity contribution in [3.8, 4) is 0 Å². The largest absolute Gasteiger partial charge is 0.444 e. The van der Waals surface area contributed by atoms with E-state index in [0.29, 0.717) is 12.4 Å². The predicted molar refractivity (Wildman–Crippen MR) is 70.2 cm³/mol. The maximum atomic E-state index is 12.0. The Morgan fingerprint density at radius 1 is 1.44 bits per heavy atom. The highest BCUT2D eigenvalue weighted by atomic mass is 32.1. The van der Waals surface area contributed by atoms with Crippen LogP contribution in [-0.2, 0) is 25.8 Å². The number of aromatic nitrogens is 2. The lowest BCUT2D eigenvalue weighted by atomic mass is 10.0. The van der Waals surface area contributed by atoms with Crippen LogP contribution in [0, 0.1) is 0 Å². The number of hydrogen-bond donors (Lipinski definition) is 0. The van der Waals surface area contributed by atoms with Gasteiger partial charge >= 0.3 is 4.87 Å². The van der Waals surface area contributed by atoms with Gasteiger partial charge < -0.3 is 4.42 Å². The van der Waals surface area contributed by atoms with Crippen molar-refractivity contribution in [1.82, 2.24) is 9.55 Å². The van der Waals surface area contributed by atoms with Crippen molar-refractivity contribution in [1.29, 1.82) is 0 Å². The lowest BCUT2D eigenvalue weighted by molar-refractivity contribution is 0.440. The average Bonchev–Trinajstić information content (AvgIpc) is 2.96. The molecule has 0 bridgehead atoms. The standard InChI is InChI=1S/C13H16N2O2S/c1-2-9-7-14-12(17-9)8-15-10-5-3-4-6-11(10)18-13(15)16/h7H,2-6,8H2,1H3. The molecule has 5 heteroatoms. The maximum absolute atomic E-state index is 12.0. The fourth-order valence-corrected chi connectivity index (χ4v) is 3.48. The van der Waals surface area contributed by atoms with E-state index >= 15 is 0 Å². The van der Waals surface area contributed by atoms with E-state index in [1.54, 1.807) is 6.20 Å². The van der Waals surface area contributed by atoms with Crippen molar-refractivity contribution in [3.05, 3.63) is 38.1 Å². The molecule has 0 saturated heterocycles. The molecule has 0 aliphatic heterocycles. The summed E-state index contributed by atoms with van der Waals surface area (Å²) in [6, 6.07) is 0. The van der Waals surface area contributed by atoms with Crippen LogP contribution in [0.4, 0.5) is 0 Å². The summed E-state index contributed by atoms with van der Waals surface area (Å²) < 4.78 is 7.42. The van der Waals surface area contributed by atoms with Crippen LogP contribution in [0.1, 0.15) is 42.0 Å². The van der Waals surface area contributed by atoms with Gasteiger partial charge in [-0.25, -0.2) is 4.98 Å². The van der Waals surface area contributed by atoms with E-state index in [-0.39, 0.29) is 4.87 Å². The third kappa shape index (κ3) is 2.03. The van der Waals surface area contributed by atoms with E-state index in [4.69, 9.17) is 4.42 Å². The van der Waals surface area contributed by atoms with Crippen LogP contribution in [0.5, 0.6) is 0 Å². The van der Waals surface area contributed by atoms with Gasteiger partial charge in [0.05, 0.1) is 6.20 Å². The van der Waals surface area contributed by atoms with Crippen LogP contribution in [0.3, 0.4) is 0 Å². The Morgan fingerprint density at radius 3 is 3.06 bits per heavy atom. The number of nitrogens with zero attached hydrogens (tertiary/aromatic N) is 2. The van der Waals surface area contributed by atoms with Gasteiger partial charge in [-0.1, -0.05) is 18.3 Å². The Balaban J connectivity index is 1.92. The molecule has 4 nitrogen and oxygen atoms in total. The lowest BCUT2D eigenvalue weighted by Gasteiger charge is -2.12. The van der Waals surface area contributed by atoms with Crippen LogP contribution in [0.15, 0.2) is 15.4 Å². The molecule has 0 N–H and O–H groups in total. The number of hydrogen-bond acceptors (Lipinski definition) is 4. The molecule has 0 unspecified atom stereocenters. The number of rotatable bonds is 3. The molecular formula is C13H16N2O2S. The summed E-state index contributed by atoms with van der Waals surface area (Å²) in [5.41, 5.74) is 1.20. The van der Waals surface area contributed by atoms with Crippen LogP contribution < -0.4 is 4.87 Å². The summed E-state index contributed by atoms with van der Waals surface area (Å²) >= 11 is 1.39. The van der Waals surface area contributed by atoms with Crippen molar-refractivity contribution in [2.24, 2.45) is 0 Å². The molecule has 96 valence electrons. The normalized spacial score (nSPS) is 14.7. The van der Waals surface area contributed by atoms with Gasteiger partial charge in [0.1, 0.15) is 12.3 Å². The zero-order valence-corrected chi connectivity index (χ0v) is 11.3. The molecule has 0 amide bonds. The first-order chi connectivity index (χ1) is 8.78. The van der Waals surface area contributed by atoms with Crippen molar-refractivity contribution in [2.75, 3.05) is 0 Å². The first-order valence-corrected chi connectivity index (χ1v) is 7.24. The van der Waals surface area contributed by atoms with Crippen LogP contribution in [0.2, 0.25) is 0 Å². The minimum atomic E-state index is 0.123. The van der Waals surface area contributed by atoms with Crippen molar-refractivity contribution in [2.45, 2.75) is 45.6 Å². The fraction of sp³-hybridized carbons (Fsp3) is 0.538. The molecule has 18 heavy (non-hydrogen) atoms. The third-order valence-electron chi connectivity index (χ3n) is 3.39. The zero-order valence-electron chi connectivity index (χ0n) is 10.4. The number of thiazole rings is 1. The van der Waals surface area contributed by atoms with E-state index in [0.717, 1.165) is 25.0 Å². The Hall–Kier alpha value is -1.36. The maximum Gasteiger partial charge on any atom is 0.308 e. The number of fused-ring (bicyclic) bond motifs is 1. The molecule has 1 aliphatic rings. The van der Waals surface area contributed by atoms with Gasteiger partial charge in [0, 0.05) is 17.0 Å². The van der Waals surface area contributed by atoms with Gasteiger partial charge in [-0.15, -0.1) is 0 Å². The zero-order chi connectivity index (χ0) is 12.5. The fourth-order valence-electron chi connectivity index (χ4n) is 2.41. The molecule has 2 heterocycles. The number of oxazole rings is 1. The van der Waals surface area contributed by atoms with E-state index in [1.807, 2.05) is 11.5 Å². The first kappa shape index (κ1) is 11.7. The molecule has 0 saturated carbocycles. The SMILES string of the molecule is CCc1cnc(Cn2c3c(sc2=O)CCCC3)o1. The summed E-state index contributed by atoms with van der Waals surface area (Å²) in [5.74, 6) is 1.52. The van der Waals surface area contributed by atoms with Gasteiger partial charge in [-0.3, -0.25) is 9.36 Å². The molecule has 2 aromatic heterocycles. The highest BCUT2D eigenvalue weighted by Gasteiger charge is 2.19. The van der Waals surface area contributed by atoms with E-state index in [2.05, 4.69) is 4.98 Å². The smallest absolute Gasteiger partial charge is 0.308 e. The van der Waals surface area contributed by atoms with Crippen molar-refractivity contribution in [3.63, 3.8) is 0 Å². The van der Waals surface area contributed by atoms with Crippen LogP contribution >= 0.6 is 11.3 Å². The van der Waals surface area contributed by atoms with Gasteiger partial charge in [0.2, 0.25) is 5.89 Å². The summed E-state index contributed by atoms with van der Waals surface area (Å²) in [5, 5.41) is 0. The Bertz CT molecular complexity index is 609. The van der Waals surface area contributed by atoms with Gasteiger partial charge in [0.15, 0.2) is 0 Å². The minimum Gasteiger partial charge on any atom is -0.444 e.